The first-order valence-electron chi connectivity index (χ1n) is 12.6. The molecule has 0 N–H and O–H groups in total. The molecule has 35 heavy (non-hydrogen) atoms. The van der Waals surface area contributed by atoms with Gasteiger partial charge >= 0.3 is 0 Å². The molecule has 0 radical (unpaired) electrons. The van der Waals surface area contributed by atoms with E-state index in [9.17, 15) is 0 Å². The Kier molecular flexibility index (Phi) is 7.60. The maximum Gasteiger partial charge on any atom is 0.228 e. The fourth-order valence-electron chi connectivity index (χ4n) is 4.43. The largest absolute Gasteiger partial charge is 0.446 e. The van der Waals surface area contributed by atoms with Crippen molar-refractivity contribution in [1.82, 2.24) is 0 Å². The number of hydrogen-bond donors (Lipinski definition) is 0. The highest BCUT2D eigenvalue weighted by molar-refractivity contribution is 6.91. The summed E-state index contributed by atoms with van der Waals surface area (Å²) in [6.07, 6.45) is 0. The van der Waals surface area contributed by atoms with Crippen LogP contribution in [0.15, 0.2) is 109 Å². The van der Waals surface area contributed by atoms with E-state index in [0.717, 1.165) is 0 Å². The van der Waals surface area contributed by atoms with E-state index in [0.29, 0.717) is 0 Å². The third-order valence-corrected chi connectivity index (χ3v) is 12.7. The van der Waals surface area contributed by atoms with Crippen molar-refractivity contribution >= 4 is 38.8 Å². The van der Waals surface area contributed by atoms with Gasteiger partial charge in [0.05, 0.1) is 0 Å². The van der Waals surface area contributed by atoms with E-state index < -0.39 is 18.1 Å². The third kappa shape index (κ3) is 6.29. The van der Waals surface area contributed by atoms with Gasteiger partial charge in [-0.05, 0) is 42.7 Å². The normalized spacial score (nSPS) is 13.9. The fourth-order valence-corrected chi connectivity index (χ4v) is 11.2. The van der Waals surface area contributed by atoms with Crippen molar-refractivity contribution in [3.8, 4) is 0 Å². The lowest BCUT2D eigenvalue weighted by molar-refractivity contribution is 0.590. The summed E-state index contributed by atoms with van der Waals surface area (Å²) < 4.78 is 7.41. The smallest absolute Gasteiger partial charge is 0.228 e. The Morgan fingerprint density at radius 1 is 0.429 bits per heavy atom. The van der Waals surface area contributed by atoms with Crippen LogP contribution in [0.5, 0.6) is 0 Å². The molecular weight excluding hydrogens is 457 g/mol. The van der Waals surface area contributed by atoms with Crippen LogP contribution in [0.4, 0.5) is 0 Å². The van der Waals surface area contributed by atoms with Gasteiger partial charge in [-0.1, -0.05) is 151 Å². The van der Waals surface area contributed by atoms with Crippen LogP contribution >= 0.6 is 0 Å². The predicted molar refractivity (Wildman–Crippen MR) is 157 cm³/mol. The highest BCUT2D eigenvalue weighted by Crippen LogP contribution is 2.22. The van der Waals surface area contributed by atoms with Crippen molar-refractivity contribution in [2.24, 2.45) is 0 Å². The van der Waals surface area contributed by atoms with E-state index in [1.807, 2.05) is 0 Å². The molecule has 180 valence electrons. The summed E-state index contributed by atoms with van der Waals surface area (Å²) in [5.74, 6) is 0. The third-order valence-electron chi connectivity index (χ3n) is 6.59. The SMILES string of the molecule is CC(C)(C)c1cccc([SiH](O[SiH](c2ccccc2)c2cccc(C(C)(C)C)c2)c2ccccc2)c1. The molecule has 0 aliphatic heterocycles. The first-order chi connectivity index (χ1) is 16.6. The Labute approximate surface area is 215 Å². The first-order valence-corrected chi connectivity index (χ1v) is 15.8. The first kappa shape index (κ1) is 25.4. The quantitative estimate of drug-likeness (QED) is 0.354. The molecular formula is C32H38OSi2. The summed E-state index contributed by atoms with van der Waals surface area (Å²) in [5.41, 5.74) is 2.92. The molecule has 0 saturated heterocycles. The van der Waals surface area contributed by atoms with Gasteiger partial charge in [0.15, 0.2) is 0 Å². The van der Waals surface area contributed by atoms with Gasteiger partial charge in [-0.2, -0.15) is 0 Å². The van der Waals surface area contributed by atoms with Gasteiger partial charge in [-0.3, -0.25) is 0 Å². The summed E-state index contributed by atoms with van der Waals surface area (Å²) in [6, 6.07) is 40.0. The van der Waals surface area contributed by atoms with Crippen molar-refractivity contribution in [1.29, 1.82) is 0 Å². The molecule has 4 aromatic carbocycles. The van der Waals surface area contributed by atoms with Crippen LogP contribution in [0.1, 0.15) is 52.7 Å². The van der Waals surface area contributed by atoms with Gasteiger partial charge in [0.1, 0.15) is 0 Å². The maximum absolute atomic E-state index is 7.41. The monoisotopic (exact) mass is 494 g/mol. The van der Waals surface area contributed by atoms with Gasteiger partial charge in [0.25, 0.3) is 0 Å². The Bertz CT molecular complexity index is 1140. The minimum absolute atomic E-state index is 0.100. The van der Waals surface area contributed by atoms with Crippen molar-refractivity contribution in [3.05, 3.63) is 120 Å². The molecule has 0 saturated carbocycles. The molecule has 0 heterocycles. The van der Waals surface area contributed by atoms with E-state index in [-0.39, 0.29) is 10.8 Å². The summed E-state index contributed by atoms with van der Waals surface area (Å²) >= 11 is 0. The molecule has 0 bridgehead atoms. The second-order valence-corrected chi connectivity index (χ2v) is 16.7. The molecule has 4 rings (SSSR count). The molecule has 3 heteroatoms. The van der Waals surface area contributed by atoms with Crippen LogP contribution in [0, 0.1) is 0 Å². The minimum Gasteiger partial charge on any atom is -0.446 e. The molecule has 1 nitrogen and oxygen atoms in total. The second kappa shape index (κ2) is 10.5. The van der Waals surface area contributed by atoms with Crippen molar-refractivity contribution < 1.29 is 4.12 Å². The van der Waals surface area contributed by atoms with Gasteiger partial charge in [-0.15, -0.1) is 0 Å². The Hall–Kier alpha value is -2.73. The Morgan fingerprint density at radius 3 is 1.11 bits per heavy atom. The fraction of sp³-hybridized carbons (Fsp3) is 0.250. The molecule has 0 aromatic heterocycles. The summed E-state index contributed by atoms with van der Waals surface area (Å²) in [4.78, 5) is 0. The Morgan fingerprint density at radius 2 is 0.771 bits per heavy atom. The van der Waals surface area contributed by atoms with E-state index >= 15 is 0 Å². The number of benzene rings is 4. The van der Waals surface area contributed by atoms with Crippen molar-refractivity contribution in [3.63, 3.8) is 0 Å². The van der Waals surface area contributed by atoms with Crippen LogP contribution < -0.4 is 20.7 Å². The Balaban J connectivity index is 1.84. The summed E-state index contributed by atoms with van der Waals surface area (Å²) in [5, 5.41) is 5.37. The number of hydrogen-bond acceptors (Lipinski definition) is 1. The molecule has 0 spiro atoms. The average molecular weight is 495 g/mol. The predicted octanol–water partition coefficient (Wildman–Crippen LogP) is 4.67. The van der Waals surface area contributed by atoms with Gasteiger partial charge in [-0.25, -0.2) is 0 Å². The van der Waals surface area contributed by atoms with E-state index in [2.05, 4.69) is 151 Å². The highest BCUT2D eigenvalue weighted by atomic mass is 28.4. The molecule has 0 aliphatic rings. The lowest BCUT2D eigenvalue weighted by atomic mass is 9.87. The second-order valence-electron chi connectivity index (χ2n) is 11.5. The number of rotatable bonds is 6. The molecule has 0 amide bonds. The van der Waals surface area contributed by atoms with E-state index in [1.54, 1.807) is 0 Å². The molecule has 0 aliphatic carbocycles. The van der Waals surface area contributed by atoms with Gasteiger partial charge < -0.3 is 4.12 Å². The summed E-state index contributed by atoms with van der Waals surface area (Å²) in [6.45, 7) is 13.7. The lowest BCUT2D eigenvalue weighted by Crippen LogP contribution is -2.56. The van der Waals surface area contributed by atoms with Crippen LogP contribution in [0.3, 0.4) is 0 Å². The van der Waals surface area contributed by atoms with E-state index in [4.69, 9.17) is 4.12 Å². The summed E-state index contributed by atoms with van der Waals surface area (Å²) in [7, 11) is -3.89. The van der Waals surface area contributed by atoms with Crippen LogP contribution in [0.2, 0.25) is 0 Å². The molecule has 2 unspecified atom stereocenters. The topological polar surface area (TPSA) is 9.23 Å². The van der Waals surface area contributed by atoms with Crippen molar-refractivity contribution in [2.45, 2.75) is 52.4 Å². The molecule has 0 fully saturated rings. The zero-order valence-corrected chi connectivity index (χ0v) is 24.3. The minimum atomic E-state index is -1.94. The standard InChI is InChI=1S/C32H38OSi2/c1-31(2,3)25-15-13-21-29(23-25)34(27-17-9-7-10-18-27)33-35(28-19-11-8-12-20-28)30-22-14-16-26(24-30)32(4,5)6/h7-24,34-35H,1-6H3. The van der Waals surface area contributed by atoms with Crippen LogP contribution in [-0.4, -0.2) is 18.1 Å². The van der Waals surface area contributed by atoms with Gasteiger partial charge in [0.2, 0.25) is 18.1 Å². The average Bonchev–Trinajstić information content (AvgIpc) is 2.85. The highest BCUT2D eigenvalue weighted by Gasteiger charge is 2.28. The van der Waals surface area contributed by atoms with E-state index in [1.165, 1.54) is 31.9 Å². The molecule has 4 aromatic rings. The lowest BCUT2D eigenvalue weighted by Gasteiger charge is -2.28. The zero-order chi connectivity index (χ0) is 25.1. The van der Waals surface area contributed by atoms with Crippen molar-refractivity contribution in [2.75, 3.05) is 0 Å². The van der Waals surface area contributed by atoms with Gasteiger partial charge in [0, 0.05) is 0 Å². The molecule has 2 atom stereocenters. The zero-order valence-electron chi connectivity index (χ0n) is 22.0. The van der Waals surface area contributed by atoms with Crippen LogP contribution in [0.25, 0.3) is 0 Å². The maximum atomic E-state index is 7.41. The van der Waals surface area contributed by atoms with Crippen LogP contribution in [-0.2, 0) is 14.9 Å².